The van der Waals surface area contributed by atoms with E-state index in [0.29, 0.717) is 50.8 Å². The summed E-state index contributed by atoms with van der Waals surface area (Å²) >= 11 is 2.49. The molecule has 0 aliphatic heterocycles. The second kappa shape index (κ2) is 68.2. The molecule has 0 amide bonds. The van der Waals surface area contributed by atoms with E-state index in [9.17, 15) is 30.0 Å². The van der Waals surface area contributed by atoms with Crippen molar-refractivity contribution in [2.24, 2.45) is 0 Å². The first-order chi connectivity index (χ1) is 41.1. The number of hydrogen-bond acceptors (Lipinski definition) is 10. The van der Waals surface area contributed by atoms with Gasteiger partial charge in [-0.1, -0.05) is 372 Å². The normalized spacial score (nSPS) is 13.6. The van der Waals surface area contributed by atoms with Gasteiger partial charge < -0.3 is 20.4 Å². The summed E-state index contributed by atoms with van der Waals surface area (Å²) in [6.45, 7) is 12.4. The van der Waals surface area contributed by atoms with Crippen LogP contribution >= 0.6 is 23.5 Å². The second-order valence-corrected chi connectivity index (χ2v) is 28.1. The largest absolute Gasteiger partial charge is 0.392 e. The SMILES string of the molecule is CCCCCCCCCCCCCCC(O)CN(CCSC(=O)/C=C/C=C/C(=O)SCCN(CC(O)CCCCCCCCCCCCCC)CC(O)CCCCCCCCCCCCCC)CC(O)CCCCCCCCCCCCCC. The van der Waals surface area contributed by atoms with Gasteiger partial charge in [0.25, 0.3) is 0 Å². The number of hydrogen-bond donors (Lipinski definition) is 4. The van der Waals surface area contributed by atoms with Crippen molar-refractivity contribution in [1.82, 2.24) is 9.80 Å². The average Bonchev–Trinajstić information content (AvgIpc) is 3.47. The first kappa shape index (κ1) is 83.3. The maximum atomic E-state index is 13.0. The van der Waals surface area contributed by atoms with Crippen LogP contribution in [0.5, 0.6) is 0 Å². The summed E-state index contributed by atoms with van der Waals surface area (Å²) in [6.07, 6.45) is 69.7. The predicted octanol–water partition coefficient (Wildman–Crippen LogP) is 21.0. The number of thioether (sulfide) groups is 2. The molecule has 0 fully saturated rings. The molecule has 0 aromatic rings. The van der Waals surface area contributed by atoms with Crippen molar-refractivity contribution in [1.29, 1.82) is 0 Å². The third kappa shape index (κ3) is 64.3. The van der Waals surface area contributed by atoms with Crippen LogP contribution in [-0.2, 0) is 9.59 Å². The molecule has 0 aliphatic rings. The van der Waals surface area contributed by atoms with E-state index in [1.807, 2.05) is 0 Å². The van der Waals surface area contributed by atoms with Gasteiger partial charge in [0.05, 0.1) is 24.4 Å². The summed E-state index contributed by atoms with van der Waals surface area (Å²) in [5.41, 5.74) is 0. The molecular weight excluding hydrogens is 1080 g/mol. The van der Waals surface area contributed by atoms with Gasteiger partial charge in [0.15, 0.2) is 0 Å². The lowest BCUT2D eigenvalue weighted by molar-refractivity contribution is -0.107. The van der Waals surface area contributed by atoms with E-state index in [-0.39, 0.29) is 10.2 Å². The van der Waals surface area contributed by atoms with E-state index in [4.69, 9.17) is 0 Å². The number of aliphatic hydroxyl groups excluding tert-OH is 4. The van der Waals surface area contributed by atoms with Crippen LogP contribution in [0.25, 0.3) is 0 Å². The van der Waals surface area contributed by atoms with Crippen LogP contribution < -0.4 is 0 Å². The van der Waals surface area contributed by atoms with Gasteiger partial charge in [-0.2, -0.15) is 0 Å². The Kier molecular flexibility index (Phi) is 67.6. The Morgan fingerprint density at radius 3 is 0.631 bits per heavy atom. The Hall–Kier alpha value is -0.720. The quantitative estimate of drug-likeness (QED) is 0.0266. The van der Waals surface area contributed by atoms with Crippen molar-refractivity contribution in [2.75, 3.05) is 50.8 Å². The van der Waals surface area contributed by atoms with Gasteiger partial charge in [-0.3, -0.25) is 19.4 Å². The molecule has 0 aliphatic carbocycles. The van der Waals surface area contributed by atoms with Gasteiger partial charge in [-0.25, -0.2) is 0 Å². The molecular formula is C74H144N2O6S2. The highest BCUT2D eigenvalue weighted by Crippen LogP contribution is 2.20. The summed E-state index contributed by atoms with van der Waals surface area (Å²) in [5.74, 6) is 1.13. The molecule has 4 unspecified atom stereocenters. The molecule has 10 heteroatoms. The minimum Gasteiger partial charge on any atom is -0.392 e. The highest BCUT2D eigenvalue weighted by Gasteiger charge is 2.18. The lowest BCUT2D eigenvalue weighted by Gasteiger charge is -2.27. The molecule has 0 rings (SSSR count). The van der Waals surface area contributed by atoms with E-state index in [1.165, 1.54) is 293 Å². The highest BCUT2D eigenvalue weighted by molar-refractivity contribution is 8.14. The molecule has 0 heterocycles. The predicted molar refractivity (Wildman–Crippen MR) is 373 cm³/mol. The highest BCUT2D eigenvalue weighted by atomic mass is 32.2. The fourth-order valence-electron chi connectivity index (χ4n) is 11.9. The van der Waals surface area contributed by atoms with Gasteiger partial charge in [0, 0.05) is 50.8 Å². The fourth-order valence-corrected chi connectivity index (χ4v) is 13.3. The zero-order chi connectivity index (χ0) is 61.3. The molecule has 8 nitrogen and oxygen atoms in total. The standard InChI is InChI=1S/C74H144N2O6S2/c1-5-9-13-17-21-25-29-33-37-41-45-49-55-69(77)65-75(66-70(78)56-50-46-42-38-34-30-26-22-18-14-10-6-2)61-63-83-73(81)59-53-54-60-74(82)84-64-62-76(67-71(79)57-51-47-43-39-35-31-27-23-19-15-11-7-3)68-72(80)58-52-48-44-40-36-32-28-24-20-16-12-8-4/h53-54,59-60,69-72,77-80H,5-52,55-58,61-68H2,1-4H3/b59-53+,60-54+. The van der Waals surface area contributed by atoms with Crippen LogP contribution in [0.1, 0.15) is 362 Å². The third-order valence-corrected chi connectivity index (χ3v) is 18.9. The average molecular weight is 1220 g/mol. The maximum absolute atomic E-state index is 13.0. The van der Waals surface area contributed by atoms with Gasteiger partial charge >= 0.3 is 0 Å². The van der Waals surface area contributed by atoms with Gasteiger partial charge in [0.1, 0.15) is 0 Å². The van der Waals surface area contributed by atoms with Crippen molar-refractivity contribution in [2.45, 2.75) is 386 Å². The molecule has 0 aromatic carbocycles. The molecule has 498 valence electrons. The minimum atomic E-state index is -0.447. The van der Waals surface area contributed by atoms with Crippen LogP contribution in [0, 0.1) is 0 Å². The van der Waals surface area contributed by atoms with E-state index >= 15 is 0 Å². The van der Waals surface area contributed by atoms with Crippen LogP contribution in [0.4, 0.5) is 0 Å². The molecule has 0 aromatic heterocycles. The van der Waals surface area contributed by atoms with Crippen molar-refractivity contribution in [3.05, 3.63) is 24.3 Å². The molecule has 0 saturated heterocycles. The fraction of sp³-hybridized carbons (Fsp3) is 0.919. The van der Waals surface area contributed by atoms with Crippen LogP contribution in [0.15, 0.2) is 24.3 Å². The zero-order valence-corrected chi connectivity index (χ0v) is 58.0. The molecule has 4 atom stereocenters. The van der Waals surface area contributed by atoms with Crippen LogP contribution in [0.3, 0.4) is 0 Å². The Bertz CT molecular complexity index is 1230. The Morgan fingerprint density at radius 1 is 0.286 bits per heavy atom. The maximum Gasteiger partial charge on any atom is 0.212 e. The summed E-state index contributed by atoms with van der Waals surface area (Å²) in [4.78, 5) is 30.3. The Balaban J connectivity index is 5.05. The van der Waals surface area contributed by atoms with Gasteiger partial charge in [0.2, 0.25) is 10.2 Å². The van der Waals surface area contributed by atoms with E-state index in [1.54, 1.807) is 12.2 Å². The summed E-state index contributed by atoms with van der Waals surface area (Å²) < 4.78 is 0. The van der Waals surface area contributed by atoms with Crippen LogP contribution in [-0.4, -0.2) is 116 Å². The topological polar surface area (TPSA) is 122 Å². The molecule has 0 saturated carbocycles. The van der Waals surface area contributed by atoms with Crippen molar-refractivity contribution >= 4 is 33.8 Å². The van der Waals surface area contributed by atoms with E-state index in [0.717, 1.165) is 77.0 Å². The van der Waals surface area contributed by atoms with Crippen molar-refractivity contribution in [3.8, 4) is 0 Å². The van der Waals surface area contributed by atoms with Gasteiger partial charge in [-0.15, -0.1) is 0 Å². The molecule has 0 spiro atoms. The Labute approximate surface area is 531 Å². The minimum absolute atomic E-state index is 0.0754. The monoisotopic (exact) mass is 1220 g/mol. The molecule has 4 N–H and O–H groups in total. The number of nitrogens with zero attached hydrogens (tertiary/aromatic N) is 2. The number of carbonyl (C=O) groups is 2. The molecule has 84 heavy (non-hydrogen) atoms. The number of aliphatic hydroxyl groups is 4. The van der Waals surface area contributed by atoms with E-state index in [2.05, 4.69) is 37.5 Å². The third-order valence-electron chi connectivity index (χ3n) is 17.3. The zero-order valence-electron chi connectivity index (χ0n) is 56.4. The van der Waals surface area contributed by atoms with Gasteiger partial charge in [-0.05, 0) is 37.8 Å². The number of unbranched alkanes of at least 4 members (excludes halogenated alkanes) is 44. The van der Waals surface area contributed by atoms with Crippen LogP contribution in [0.2, 0.25) is 0 Å². The van der Waals surface area contributed by atoms with Crippen molar-refractivity contribution < 1.29 is 30.0 Å². The number of rotatable bonds is 69. The van der Waals surface area contributed by atoms with Crippen molar-refractivity contribution in [3.63, 3.8) is 0 Å². The lowest BCUT2D eigenvalue weighted by Crippen LogP contribution is -2.39. The first-order valence-electron chi connectivity index (χ1n) is 37.0. The molecule has 0 bridgehead atoms. The smallest absolute Gasteiger partial charge is 0.212 e. The molecule has 0 radical (unpaired) electrons. The summed E-state index contributed by atoms with van der Waals surface area (Å²) in [6, 6.07) is 0. The lowest BCUT2D eigenvalue weighted by atomic mass is 10.0. The first-order valence-corrected chi connectivity index (χ1v) is 39.0. The van der Waals surface area contributed by atoms with E-state index < -0.39 is 24.4 Å². The number of allylic oxidation sites excluding steroid dienone is 2. The number of carbonyl (C=O) groups excluding carboxylic acids is 2. The summed E-state index contributed by atoms with van der Waals surface area (Å²) in [7, 11) is 0. The Morgan fingerprint density at radius 2 is 0.452 bits per heavy atom. The summed E-state index contributed by atoms with van der Waals surface area (Å²) in [5, 5.41) is 44.4. The second-order valence-electron chi connectivity index (χ2n) is 25.9.